The molecule has 0 unspecified atom stereocenters. The molecular weight excluding hydrogens is 327 g/mol. The second-order valence-corrected chi connectivity index (χ2v) is 9.98. The summed E-state index contributed by atoms with van der Waals surface area (Å²) in [6, 6.07) is -0.458. The van der Waals surface area contributed by atoms with Gasteiger partial charge in [0.25, 0.3) is 0 Å². The number of rotatable bonds is 7. The van der Waals surface area contributed by atoms with E-state index < -0.39 is 6.04 Å². The van der Waals surface area contributed by atoms with E-state index in [2.05, 4.69) is 39.9 Å². The first-order valence-corrected chi connectivity index (χ1v) is 10.5. The fourth-order valence-electron chi connectivity index (χ4n) is 5.55. The van der Waals surface area contributed by atoms with Gasteiger partial charge in [-0.05, 0) is 55.8 Å². The summed E-state index contributed by atoms with van der Waals surface area (Å²) < 4.78 is 13.0. The monoisotopic (exact) mass is 364 g/mol. The van der Waals surface area contributed by atoms with E-state index in [0.717, 1.165) is 25.2 Å². The highest BCUT2D eigenvalue weighted by molar-refractivity contribution is 6.47. The predicted octanol–water partition coefficient (Wildman–Crippen LogP) is 2.91. The molecule has 6 heteroatoms. The summed E-state index contributed by atoms with van der Waals surface area (Å²) in [4.78, 5) is 12.5. The van der Waals surface area contributed by atoms with E-state index in [1.807, 2.05) is 6.92 Å². The minimum atomic E-state index is -0.458. The summed E-state index contributed by atoms with van der Waals surface area (Å²) in [7, 11) is -0.375. The molecule has 6 atom stereocenters. The molecule has 1 heterocycles. The van der Waals surface area contributed by atoms with Gasteiger partial charge in [-0.25, -0.2) is 0 Å². The van der Waals surface area contributed by atoms with Gasteiger partial charge in [-0.3, -0.25) is 4.79 Å². The maximum atomic E-state index is 12.5. The fourth-order valence-corrected chi connectivity index (χ4v) is 5.55. The van der Waals surface area contributed by atoms with Gasteiger partial charge in [-0.1, -0.05) is 41.0 Å². The van der Waals surface area contributed by atoms with Crippen LogP contribution in [0.4, 0.5) is 0 Å². The fraction of sp³-hybridized carbons (Fsp3) is 0.950. The molecule has 4 aliphatic rings. The Morgan fingerprint density at radius 1 is 1.31 bits per heavy atom. The average molecular weight is 364 g/mol. The molecule has 1 amide bonds. The molecule has 0 radical (unpaired) electrons. The van der Waals surface area contributed by atoms with Gasteiger partial charge in [0.05, 0.1) is 23.7 Å². The molecular formula is C20H37BN2O3. The van der Waals surface area contributed by atoms with Gasteiger partial charge in [0.1, 0.15) is 0 Å². The van der Waals surface area contributed by atoms with E-state index in [9.17, 15) is 4.79 Å². The van der Waals surface area contributed by atoms with Crippen LogP contribution in [0.1, 0.15) is 73.6 Å². The number of amides is 1. The van der Waals surface area contributed by atoms with Crippen LogP contribution >= 0.6 is 0 Å². The number of hydrogen-bond donors (Lipinski definition) is 2. The minimum Gasteiger partial charge on any atom is -0.404 e. The van der Waals surface area contributed by atoms with Gasteiger partial charge < -0.3 is 20.4 Å². The molecule has 0 aromatic rings. The van der Waals surface area contributed by atoms with Crippen molar-refractivity contribution in [1.29, 1.82) is 0 Å². The molecule has 2 bridgehead atoms. The lowest BCUT2D eigenvalue weighted by Crippen LogP contribution is -2.65. The lowest BCUT2D eigenvalue weighted by molar-refractivity contribution is -0.199. The van der Waals surface area contributed by atoms with Crippen LogP contribution in [0.15, 0.2) is 0 Å². The third-order valence-electron chi connectivity index (χ3n) is 7.29. The SMILES string of the molecule is CCC[C@H](N)C(=O)N[C@@H](CC(C)C)B1O[C@@H]2C[C@@H]3C[C@@H](C3(C)C)[C@]2(C)O1. The Bertz CT molecular complexity index is 541. The zero-order valence-corrected chi connectivity index (χ0v) is 17.4. The third-order valence-corrected chi connectivity index (χ3v) is 7.29. The Balaban J connectivity index is 1.71. The van der Waals surface area contributed by atoms with Crippen molar-refractivity contribution in [2.24, 2.45) is 28.9 Å². The number of hydrogen-bond acceptors (Lipinski definition) is 4. The molecule has 3 saturated carbocycles. The molecule has 148 valence electrons. The summed E-state index contributed by atoms with van der Waals surface area (Å²) >= 11 is 0. The Labute approximate surface area is 159 Å². The van der Waals surface area contributed by atoms with Crippen LogP contribution < -0.4 is 11.1 Å². The van der Waals surface area contributed by atoms with Crippen molar-refractivity contribution in [1.82, 2.24) is 5.32 Å². The Kier molecular flexibility index (Phi) is 5.51. The van der Waals surface area contributed by atoms with E-state index in [4.69, 9.17) is 15.0 Å². The van der Waals surface area contributed by atoms with Crippen LogP contribution in [0.3, 0.4) is 0 Å². The van der Waals surface area contributed by atoms with Crippen LogP contribution in [0.5, 0.6) is 0 Å². The van der Waals surface area contributed by atoms with Gasteiger partial charge in [-0.15, -0.1) is 0 Å². The zero-order chi connectivity index (χ0) is 19.3. The van der Waals surface area contributed by atoms with Crippen molar-refractivity contribution in [3.05, 3.63) is 0 Å². The summed E-state index contributed by atoms with van der Waals surface area (Å²) in [5.74, 6) is 1.46. The largest absolute Gasteiger partial charge is 0.481 e. The summed E-state index contributed by atoms with van der Waals surface area (Å²) in [6.45, 7) is 13.3. The van der Waals surface area contributed by atoms with Crippen molar-refractivity contribution >= 4 is 13.0 Å². The van der Waals surface area contributed by atoms with Gasteiger partial charge in [0.15, 0.2) is 0 Å². The molecule has 0 spiro atoms. The molecule has 4 rings (SSSR count). The number of nitrogens with two attached hydrogens (primary N) is 1. The second kappa shape index (κ2) is 7.10. The number of nitrogens with one attached hydrogen (secondary N) is 1. The highest BCUT2D eigenvalue weighted by Gasteiger charge is 2.68. The highest BCUT2D eigenvalue weighted by Crippen LogP contribution is 2.65. The lowest BCUT2D eigenvalue weighted by atomic mass is 9.43. The average Bonchev–Trinajstić information content (AvgIpc) is 2.90. The Morgan fingerprint density at radius 3 is 2.58 bits per heavy atom. The molecule has 4 fully saturated rings. The van der Waals surface area contributed by atoms with Crippen LogP contribution in [-0.4, -0.2) is 36.7 Å². The lowest BCUT2D eigenvalue weighted by Gasteiger charge is -2.64. The first-order chi connectivity index (χ1) is 12.1. The highest BCUT2D eigenvalue weighted by atomic mass is 16.7. The topological polar surface area (TPSA) is 73.6 Å². The maximum absolute atomic E-state index is 12.5. The van der Waals surface area contributed by atoms with E-state index in [1.54, 1.807) is 0 Å². The Morgan fingerprint density at radius 2 is 2.00 bits per heavy atom. The number of carbonyl (C=O) groups excluding carboxylic acids is 1. The van der Waals surface area contributed by atoms with Crippen molar-refractivity contribution in [2.75, 3.05) is 0 Å². The molecule has 3 aliphatic carbocycles. The molecule has 0 aromatic carbocycles. The molecule has 5 nitrogen and oxygen atoms in total. The van der Waals surface area contributed by atoms with Gasteiger partial charge in [-0.2, -0.15) is 0 Å². The molecule has 0 aromatic heterocycles. The third kappa shape index (κ3) is 3.33. The molecule has 26 heavy (non-hydrogen) atoms. The maximum Gasteiger partial charge on any atom is 0.481 e. The van der Waals surface area contributed by atoms with E-state index >= 15 is 0 Å². The number of carbonyl (C=O) groups is 1. The van der Waals surface area contributed by atoms with Gasteiger partial charge in [0.2, 0.25) is 5.91 Å². The van der Waals surface area contributed by atoms with Crippen LogP contribution in [-0.2, 0) is 14.1 Å². The Hall–Kier alpha value is -0.585. The van der Waals surface area contributed by atoms with E-state index in [1.165, 1.54) is 6.42 Å². The van der Waals surface area contributed by atoms with E-state index in [-0.39, 0.29) is 30.7 Å². The summed E-state index contributed by atoms with van der Waals surface area (Å²) in [5, 5.41) is 3.14. The second-order valence-electron chi connectivity index (χ2n) is 9.98. The normalized spacial score (nSPS) is 37.1. The summed E-state index contributed by atoms with van der Waals surface area (Å²) in [5.41, 5.74) is 6.10. The first kappa shape index (κ1) is 20.2. The zero-order valence-electron chi connectivity index (χ0n) is 17.4. The van der Waals surface area contributed by atoms with Gasteiger partial charge >= 0.3 is 7.12 Å². The van der Waals surface area contributed by atoms with Crippen molar-refractivity contribution in [3.63, 3.8) is 0 Å². The van der Waals surface area contributed by atoms with Crippen molar-refractivity contribution < 1.29 is 14.1 Å². The van der Waals surface area contributed by atoms with Crippen LogP contribution in [0.2, 0.25) is 0 Å². The predicted molar refractivity (Wildman–Crippen MR) is 104 cm³/mol. The van der Waals surface area contributed by atoms with Crippen LogP contribution in [0, 0.1) is 23.2 Å². The minimum absolute atomic E-state index is 0.0886. The standard InChI is InChI=1S/C20H37BN2O3/c1-7-8-14(22)18(24)23-17(9-12(2)3)21-25-16-11-13-10-15(19(13,4)5)20(16,6)26-21/h12-17H,7-11,22H2,1-6H3,(H,23,24)/t13-,14-,15-,16+,17-,20-/m0/s1. The molecule has 1 saturated heterocycles. The van der Waals surface area contributed by atoms with E-state index in [0.29, 0.717) is 23.7 Å². The van der Waals surface area contributed by atoms with Crippen molar-refractivity contribution in [2.45, 2.75) is 97.3 Å². The molecule has 1 aliphatic heterocycles. The van der Waals surface area contributed by atoms with Crippen LogP contribution in [0.25, 0.3) is 0 Å². The summed E-state index contributed by atoms with van der Waals surface area (Å²) in [6.07, 6.45) is 4.87. The quantitative estimate of drug-likeness (QED) is 0.682. The first-order valence-electron chi connectivity index (χ1n) is 10.5. The van der Waals surface area contributed by atoms with Gasteiger partial charge in [0, 0.05) is 0 Å². The smallest absolute Gasteiger partial charge is 0.404 e. The molecule has 3 N–H and O–H groups in total. The van der Waals surface area contributed by atoms with Crippen molar-refractivity contribution in [3.8, 4) is 0 Å².